The molecule has 192 valence electrons. The number of esters is 1. The topological polar surface area (TPSA) is 70.0 Å². The zero-order chi connectivity index (χ0) is 25.7. The van der Waals surface area contributed by atoms with E-state index in [0.29, 0.717) is 31.2 Å². The number of methoxy groups -OCH3 is 2. The molecule has 2 aromatic carbocycles. The van der Waals surface area contributed by atoms with Crippen molar-refractivity contribution >= 4 is 22.8 Å². The molecule has 1 aliphatic heterocycles. The summed E-state index contributed by atoms with van der Waals surface area (Å²) >= 11 is 0. The maximum absolute atomic E-state index is 13.7. The molecular weight excluding hydrogens is 456 g/mol. The summed E-state index contributed by atoms with van der Waals surface area (Å²) in [6.45, 7) is 6.17. The van der Waals surface area contributed by atoms with E-state index in [0.717, 1.165) is 41.4 Å². The van der Waals surface area contributed by atoms with Gasteiger partial charge >= 0.3 is 5.97 Å². The zero-order valence-corrected chi connectivity index (χ0v) is 21.7. The molecule has 36 heavy (non-hydrogen) atoms. The minimum absolute atomic E-state index is 0.0316. The Kier molecular flexibility index (Phi) is 8.18. The Morgan fingerprint density at radius 2 is 1.78 bits per heavy atom. The molecule has 0 unspecified atom stereocenters. The van der Waals surface area contributed by atoms with Crippen molar-refractivity contribution in [3.8, 4) is 11.5 Å². The standard InChI is InChI=1S/C29H36N2O5/c1-5-30-19-26(24-11-7-8-12-27(24)30)25(21-14-22(34-3)16-23(15-21)35-4)17-28(32)31-13-9-10-20(18-31)29(33)36-6-2/h7-8,11-12,14-16,19-20,25H,5-6,9-10,13,17-18H2,1-4H3/t20-,25-/m0/s1. The van der Waals surface area contributed by atoms with Crippen LogP contribution < -0.4 is 9.47 Å². The number of rotatable bonds is 9. The van der Waals surface area contributed by atoms with Gasteiger partial charge in [0.2, 0.25) is 5.91 Å². The predicted molar refractivity (Wildman–Crippen MR) is 140 cm³/mol. The third kappa shape index (κ3) is 5.35. The number of para-hydroxylation sites is 1. The fourth-order valence-electron chi connectivity index (χ4n) is 5.21. The summed E-state index contributed by atoms with van der Waals surface area (Å²) in [5.41, 5.74) is 3.19. The van der Waals surface area contributed by atoms with Crippen LogP contribution in [0.25, 0.3) is 10.9 Å². The lowest BCUT2D eigenvalue weighted by molar-refractivity contribution is -0.151. The van der Waals surface area contributed by atoms with Crippen molar-refractivity contribution in [3.63, 3.8) is 0 Å². The first-order chi connectivity index (χ1) is 17.5. The van der Waals surface area contributed by atoms with Crippen LogP contribution in [0.15, 0.2) is 48.7 Å². The number of hydrogen-bond acceptors (Lipinski definition) is 5. The lowest BCUT2D eigenvalue weighted by atomic mass is 9.87. The van der Waals surface area contributed by atoms with Crippen LogP contribution in [0, 0.1) is 5.92 Å². The quantitative estimate of drug-likeness (QED) is 0.393. The average Bonchev–Trinajstić information content (AvgIpc) is 3.30. The van der Waals surface area contributed by atoms with Crippen LogP contribution in [0.1, 0.15) is 50.2 Å². The van der Waals surface area contributed by atoms with E-state index in [1.54, 1.807) is 14.2 Å². The van der Waals surface area contributed by atoms with Gasteiger partial charge in [-0.3, -0.25) is 9.59 Å². The number of carbonyl (C=O) groups is 2. The molecule has 2 atom stereocenters. The van der Waals surface area contributed by atoms with Gasteiger partial charge in [-0.15, -0.1) is 0 Å². The van der Waals surface area contributed by atoms with Crippen LogP contribution in [-0.2, 0) is 20.9 Å². The molecule has 0 spiro atoms. The largest absolute Gasteiger partial charge is 0.497 e. The second-order valence-electron chi connectivity index (χ2n) is 9.22. The number of amides is 1. The van der Waals surface area contributed by atoms with Gasteiger partial charge in [-0.1, -0.05) is 18.2 Å². The van der Waals surface area contributed by atoms with E-state index in [2.05, 4.69) is 29.8 Å². The molecule has 4 rings (SSSR count). The van der Waals surface area contributed by atoms with Crippen LogP contribution in [-0.4, -0.2) is 55.3 Å². The average molecular weight is 493 g/mol. The lowest BCUT2D eigenvalue weighted by Crippen LogP contribution is -2.43. The van der Waals surface area contributed by atoms with Crippen molar-refractivity contribution < 1.29 is 23.8 Å². The summed E-state index contributed by atoms with van der Waals surface area (Å²) in [4.78, 5) is 27.9. The van der Waals surface area contributed by atoms with Gasteiger partial charge < -0.3 is 23.7 Å². The first-order valence-electron chi connectivity index (χ1n) is 12.7. The molecule has 1 aliphatic rings. The van der Waals surface area contributed by atoms with Crippen molar-refractivity contribution in [3.05, 3.63) is 59.8 Å². The van der Waals surface area contributed by atoms with E-state index >= 15 is 0 Å². The summed E-state index contributed by atoms with van der Waals surface area (Å²) in [6, 6.07) is 14.1. The van der Waals surface area contributed by atoms with Crippen molar-refractivity contribution in [2.75, 3.05) is 33.9 Å². The molecule has 3 aromatic rings. The molecule has 1 aromatic heterocycles. The van der Waals surface area contributed by atoms with E-state index in [-0.39, 0.29) is 30.1 Å². The van der Waals surface area contributed by atoms with Gasteiger partial charge in [-0.2, -0.15) is 0 Å². The first kappa shape index (κ1) is 25.6. The first-order valence-corrected chi connectivity index (χ1v) is 12.7. The lowest BCUT2D eigenvalue weighted by Gasteiger charge is -2.32. The SMILES string of the molecule is CCOC(=O)[C@H]1CCCN(C(=O)C[C@@H](c2cc(OC)cc(OC)c2)c2cn(CC)c3ccccc23)C1. The molecule has 0 aliphatic carbocycles. The Balaban J connectivity index is 1.72. The Hall–Kier alpha value is -3.48. The molecule has 1 amide bonds. The second-order valence-corrected chi connectivity index (χ2v) is 9.22. The smallest absolute Gasteiger partial charge is 0.310 e. The number of hydrogen-bond donors (Lipinski definition) is 0. The van der Waals surface area contributed by atoms with Crippen molar-refractivity contribution in [2.24, 2.45) is 5.92 Å². The third-order valence-corrected chi connectivity index (χ3v) is 7.08. The molecule has 0 N–H and O–H groups in total. The van der Waals surface area contributed by atoms with Crippen molar-refractivity contribution in [1.29, 1.82) is 0 Å². The number of aryl methyl sites for hydroxylation is 1. The monoisotopic (exact) mass is 492 g/mol. The number of piperidine rings is 1. The molecule has 0 bridgehead atoms. The molecular formula is C29H36N2O5. The van der Waals surface area contributed by atoms with Gasteiger partial charge in [0.25, 0.3) is 0 Å². The number of ether oxygens (including phenoxy) is 3. The minimum Gasteiger partial charge on any atom is -0.497 e. The van der Waals surface area contributed by atoms with E-state index in [4.69, 9.17) is 14.2 Å². The van der Waals surface area contributed by atoms with Gasteiger partial charge in [0.1, 0.15) is 11.5 Å². The maximum atomic E-state index is 13.7. The molecule has 2 heterocycles. The van der Waals surface area contributed by atoms with Crippen LogP contribution >= 0.6 is 0 Å². The van der Waals surface area contributed by atoms with Gasteiger partial charge in [0.15, 0.2) is 0 Å². The van der Waals surface area contributed by atoms with Crippen LogP contribution in [0.5, 0.6) is 11.5 Å². The highest BCUT2D eigenvalue weighted by Gasteiger charge is 2.32. The second kappa shape index (κ2) is 11.5. The summed E-state index contributed by atoms with van der Waals surface area (Å²) in [7, 11) is 3.26. The Morgan fingerprint density at radius 3 is 2.44 bits per heavy atom. The number of nitrogens with zero attached hydrogens (tertiary/aromatic N) is 2. The molecule has 0 radical (unpaired) electrons. The maximum Gasteiger partial charge on any atom is 0.310 e. The van der Waals surface area contributed by atoms with Gasteiger partial charge in [-0.05, 0) is 56.0 Å². The Bertz CT molecular complexity index is 1200. The van der Waals surface area contributed by atoms with Crippen LogP contribution in [0.4, 0.5) is 0 Å². The number of likely N-dealkylation sites (tertiary alicyclic amines) is 1. The van der Waals surface area contributed by atoms with E-state index in [1.165, 1.54) is 0 Å². The van der Waals surface area contributed by atoms with E-state index in [1.807, 2.05) is 42.2 Å². The number of benzene rings is 2. The highest BCUT2D eigenvalue weighted by atomic mass is 16.5. The highest BCUT2D eigenvalue weighted by Crippen LogP contribution is 2.38. The van der Waals surface area contributed by atoms with Gasteiger partial charge in [-0.25, -0.2) is 0 Å². The normalized spacial score (nSPS) is 16.6. The van der Waals surface area contributed by atoms with Crippen molar-refractivity contribution in [2.45, 2.75) is 45.6 Å². The molecule has 1 saturated heterocycles. The fourth-order valence-corrected chi connectivity index (χ4v) is 5.21. The van der Waals surface area contributed by atoms with Crippen LogP contribution in [0.2, 0.25) is 0 Å². The summed E-state index contributed by atoms with van der Waals surface area (Å²) < 4.78 is 18.6. The number of aromatic nitrogens is 1. The Morgan fingerprint density at radius 1 is 1.06 bits per heavy atom. The highest BCUT2D eigenvalue weighted by molar-refractivity contribution is 5.87. The minimum atomic E-state index is -0.264. The van der Waals surface area contributed by atoms with Crippen LogP contribution in [0.3, 0.4) is 0 Å². The predicted octanol–water partition coefficient (Wildman–Crippen LogP) is 5.00. The number of fused-ring (bicyclic) bond motifs is 1. The third-order valence-electron chi connectivity index (χ3n) is 7.08. The fraction of sp³-hybridized carbons (Fsp3) is 0.448. The molecule has 7 nitrogen and oxygen atoms in total. The number of carbonyl (C=O) groups excluding carboxylic acids is 2. The summed E-state index contributed by atoms with van der Waals surface area (Å²) in [6.07, 6.45) is 3.99. The zero-order valence-electron chi connectivity index (χ0n) is 21.7. The molecule has 0 saturated carbocycles. The van der Waals surface area contributed by atoms with Gasteiger partial charge in [0.05, 0.1) is 26.7 Å². The molecule has 7 heteroatoms. The Labute approximate surface area is 212 Å². The van der Waals surface area contributed by atoms with E-state index in [9.17, 15) is 9.59 Å². The molecule has 1 fully saturated rings. The summed E-state index contributed by atoms with van der Waals surface area (Å²) in [5.74, 6) is 0.712. The van der Waals surface area contributed by atoms with E-state index < -0.39 is 0 Å². The van der Waals surface area contributed by atoms with Gasteiger partial charge in [0, 0.05) is 55.1 Å². The summed E-state index contributed by atoms with van der Waals surface area (Å²) in [5, 5.41) is 1.13. The van der Waals surface area contributed by atoms with Crippen molar-refractivity contribution in [1.82, 2.24) is 9.47 Å².